The number of amides is 1. The number of ether oxygens (including phenoxy) is 1. The number of rotatable bonds is 6. The predicted octanol–water partition coefficient (Wildman–Crippen LogP) is 4.20. The Bertz CT molecular complexity index is 1130. The largest absolute Gasteiger partial charge is 0.486 e. The molecule has 4 aromatic rings. The van der Waals surface area contributed by atoms with E-state index in [0.717, 1.165) is 16.0 Å². The second-order valence-corrected chi connectivity index (χ2v) is 7.29. The van der Waals surface area contributed by atoms with E-state index >= 15 is 0 Å². The number of nitrogens with one attached hydrogen (secondary N) is 1. The molecule has 0 fully saturated rings. The molecule has 0 spiro atoms. The van der Waals surface area contributed by atoms with Crippen molar-refractivity contribution in [3.8, 4) is 11.4 Å². The molecule has 0 unspecified atom stereocenters. The summed E-state index contributed by atoms with van der Waals surface area (Å²) >= 11 is 3.38. The quantitative estimate of drug-likeness (QED) is 0.476. The van der Waals surface area contributed by atoms with E-state index in [-0.39, 0.29) is 5.91 Å². The second kappa shape index (κ2) is 8.32. The van der Waals surface area contributed by atoms with Crippen LogP contribution >= 0.6 is 15.9 Å². The van der Waals surface area contributed by atoms with Gasteiger partial charge in [0.05, 0.1) is 16.4 Å². The summed E-state index contributed by atoms with van der Waals surface area (Å²) in [7, 11) is 1.92. The fourth-order valence-electron chi connectivity index (χ4n) is 2.75. The molecule has 0 saturated carbocycles. The first-order valence-corrected chi connectivity index (χ1v) is 9.69. The molecule has 29 heavy (non-hydrogen) atoms. The Morgan fingerprint density at radius 3 is 2.72 bits per heavy atom. The van der Waals surface area contributed by atoms with Crippen LogP contribution in [0, 0.1) is 0 Å². The smallest absolute Gasteiger partial charge is 0.255 e. The van der Waals surface area contributed by atoms with Gasteiger partial charge in [-0.2, -0.15) is 5.10 Å². The number of hydrogen-bond acceptors (Lipinski definition) is 4. The van der Waals surface area contributed by atoms with Gasteiger partial charge < -0.3 is 14.6 Å². The van der Waals surface area contributed by atoms with Gasteiger partial charge in [-0.1, -0.05) is 6.07 Å². The highest BCUT2D eigenvalue weighted by Crippen LogP contribution is 2.19. The van der Waals surface area contributed by atoms with Crippen LogP contribution in [0.1, 0.15) is 16.2 Å². The summed E-state index contributed by atoms with van der Waals surface area (Å²) in [6.45, 7) is 0.380. The first kappa shape index (κ1) is 18.9. The number of aryl methyl sites for hydroxylation is 1. The maximum absolute atomic E-state index is 12.6. The van der Waals surface area contributed by atoms with Gasteiger partial charge in [0.1, 0.15) is 18.2 Å². The first-order valence-electron chi connectivity index (χ1n) is 8.89. The molecule has 1 amide bonds. The molecule has 8 heteroatoms. The summed E-state index contributed by atoms with van der Waals surface area (Å²) < 4.78 is 10.2. The molecule has 1 N–H and O–H groups in total. The van der Waals surface area contributed by atoms with Gasteiger partial charge in [0.2, 0.25) is 0 Å². The lowest BCUT2D eigenvalue weighted by molar-refractivity contribution is 0.102. The first-order chi connectivity index (χ1) is 14.1. The summed E-state index contributed by atoms with van der Waals surface area (Å²) in [5, 5.41) is 7.14. The minimum Gasteiger partial charge on any atom is -0.486 e. The molecule has 7 nitrogen and oxygen atoms in total. The van der Waals surface area contributed by atoms with E-state index in [0.29, 0.717) is 23.6 Å². The van der Waals surface area contributed by atoms with Crippen LogP contribution in [-0.4, -0.2) is 25.2 Å². The van der Waals surface area contributed by atoms with Crippen LogP contribution in [0.4, 0.5) is 5.69 Å². The van der Waals surface area contributed by atoms with E-state index in [9.17, 15) is 4.79 Å². The highest BCUT2D eigenvalue weighted by Gasteiger charge is 2.09. The number of aromatic nitrogens is 4. The third kappa shape index (κ3) is 4.55. The lowest BCUT2D eigenvalue weighted by Crippen LogP contribution is -2.12. The molecule has 0 aliphatic rings. The normalized spacial score (nSPS) is 10.7. The van der Waals surface area contributed by atoms with Crippen molar-refractivity contribution in [2.75, 3.05) is 5.32 Å². The number of nitrogens with zero attached hydrogens (tertiary/aromatic N) is 4. The summed E-state index contributed by atoms with van der Waals surface area (Å²) in [6, 6.07) is 14.5. The molecule has 0 saturated heterocycles. The van der Waals surface area contributed by atoms with Crippen LogP contribution in [0.15, 0.2) is 77.8 Å². The van der Waals surface area contributed by atoms with Crippen LogP contribution in [0.25, 0.3) is 5.69 Å². The van der Waals surface area contributed by atoms with Crippen molar-refractivity contribution in [1.29, 1.82) is 0 Å². The minimum absolute atomic E-state index is 0.195. The molecule has 0 aliphatic heterocycles. The van der Waals surface area contributed by atoms with Crippen molar-refractivity contribution in [3.05, 3.63) is 89.2 Å². The average Bonchev–Trinajstić information content (AvgIpc) is 3.35. The molecule has 0 bridgehead atoms. The summed E-state index contributed by atoms with van der Waals surface area (Å²) in [5.41, 5.74) is 2.04. The van der Waals surface area contributed by atoms with Crippen molar-refractivity contribution >= 4 is 27.5 Å². The Kier molecular flexibility index (Phi) is 5.44. The molecule has 0 aliphatic carbocycles. The van der Waals surface area contributed by atoms with Gasteiger partial charge in [-0.05, 0) is 58.4 Å². The van der Waals surface area contributed by atoms with Gasteiger partial charge in [0.15, 0.2) is 0 Å². The average molecular weight is 452 g/mol. The summed E-state index contributed by atoms with van der Waals surface area (Å²) in [4.78, 5) is 16.8. The van der Waals surface area contributed by atoms with E-state index in [4.69, 9.17) is 4.74 Å². The van der Waals surface area contributed by atoms with Gasteiger partial charge in [-0.3, -0.25) is 4.79 Å². The molecule has 0 radical (unpaired) electrons. The van der Waals surface area contributed by atoms with Crippen LogP contribution in [0.3, 0.4) is 0 Å². The van der Waals surface area contributed by atoms with Crippen LogP contribution in [-0.2, 0) is 13.7 Å². The molecular weight excluding hydrogens is 434 g/mol. The fourth-order valence-corrected chi connectivity index (χ4v) is 3.04. The number of hydrogen-bond donors (Lipinski definition) is 1. The summed E-state index contributed by atoms with van der Waals surface area (Å²) in [5.74, 6) is 1.35. The Hall–Kier alpha value is -3.39. The fraction of sp³-hybridized carbons (Fsp3) is 0.0952. The number of anilines is 1. The lowest BCUT2D eigenvalue weighted by atomic mass is 10.2. The van der Waals surface area contributed by atoms with E-state index in [2.05, 4.69) is 31.3 Å². The predicted molar refractivity (Wildman–Crippen MR) is 113 cm³/mol. The summed E-state index contributed by atoms with van der Waals surface area (Å²) in [6.07, 6.45) is 7.14. The second-order valence-electron chi connectivity index (χ2n) is 6.38. The third-order valence-corrected chi connectivity index (χ3v) is 4.73. The number of halogens is 1. The van der Waals surface area contributed by atoms with Gasteiger partial charge in [0, 0.05) is 36.9 Å². The van der Waals surface area contributed by atoms with Crippen molar-refractivity contribution in [1.82, 2.24) is 19.3 Å². The van der Waals surface area contributed by atoms with E-state index in [1.165, 1.54) is 0 Å². The number of imidazole rings is 1. The SMILES string of the molecule is Cn1ccnc1COc1ccc(NC(=O)c2cccc(-n3cc(Br)cn3)c2)cc1. The van der Waals surface area contributed by atoms with E-state index in [1.807, 2.05) is 48.3 Å². The molecular formula is C21H18BrN5O2. The Morgan fingerprint density at radius 2 is 2.03 bits per heavy atom. The molecule has 146 valence electrons. The molecule has 0 atom stereocenters. The lowest BCUT2D eigenvalue weighted by Gasteiger charge is -2.09. The highest BCUT2D eigenvalue weighted by molar-refractivity contribution is 9.10. The van der Waals surface area contributed by atoms with E-state index in [1.54, 1.807) is 41.3 Å². The monoisotopic (exact) mass is 451 g/mol. The van der Waals surface area contributed by atoms with Gasteiger partial charge in [0.25, 0.3) is 5.91 Å². The van der Waals surface area contributed by atoms with Gasteiger partial charge in [-0.25, -0.2) is 9.67 Å². The standard InChI is InChI=1S/C21H18BrN5O2/c1-26-10-9-23-20(26)14-29-19-7-5-17(6-8-19)25-21(28)15-3-2-4-18(11-15)27-13-16(22)12-24-27/h2-13H,14H2,1H3,(H,25,28). The van der Waals surface area contributed by atoms with Crippen LogP contribution in [0.2, 0.25) is 0 Å². The molecule has 2 aromatic heterocycles. The number of carbonyl (C=O) groups excluding carboxylic acids is 1. The van der Waals surface area contributed by atoms with Crippen molar-refractivity contribution in [3.63, 3.8) is 0 Å². The minimum atomic E-state index is -0.195. The highest BCUT2D eigenvalue weighted by atomic mass is 79.9. The zero-order chi connectivity index (χ0) is 20.2. The topological polar surface area (TPSA) is 74.0 Å². The van der Waals surface area contributed by atoms with E-state index < -0.39 is 0 Å². The van der Waals surface area contributed by atoms with Crippen molar-refractivity contribution < 1.29 is 9.53 Å². The number of benzene rings is 2. The van der Waals surface area contributed by atoms with Gasteiger partial charge >= 0.3 is 0 Å². The van der Waals surface area contributed by atoms with Crippen molar-refractivity contribution in [2.45, 2.75) is 6.61 Å². The Morgan fingerprint density at radius 1 is 1.21 bits per heavy atom. The number of carbonyl (C=O) groups is 1. The van der Waals surface area contributed by atoms with Gasteiger partial charge in [-0.15, -0.1) is 0 Å². The van der Waals surface area contributed by atoms with Crippen molar-refractivity contribution in [2.24, 2.45) is 7.05 Å². The zero-order valence-electron chi connectivity index (χ0n) is 15.6. The molecule has 2 heterocycles. The maximum atomic E-state index is 12.6. The maximum Gasteiger partial charge on any atom is 0.255 e. The Labute approximate surface area is 176 Å². The molecule has 2 aromatic carbocycles. The zero-order valence-corrected chi connectivity index (χ0v) is 17.2. The van der Waals surface area contributed by atoms with Crippen LogP contribution < -0.4 is 10.1 Å². The molecule has 4 rings (SSSR count). The van der Waals surface area contributed by atoms with Crippen LogP contribution in [0.5, 0.6) is 5.75 Å². The third-order valence-electron chi connectivity index (χ3n) is 4.33. The Balaban J connectivity index is 1.40.